The van der Waals surface area contributed by atoms with Crippen LogP contribution in [-0.2, 0) is 16.0 Å². The molecule has 0 spiro atoms. The van der Waals surface area contributed by atoms with Crippen LogP contribution in [0.25, 0.3) is 0 Å². The number of aromatic nitrogens is 3. The third kappa shape index (κ3) is 3.54. The zero-order chi connectivity index (χ0) is 12.9. The van der Waals surface area contributed by atoms with Crippen molar-refractivity contribution in [3.8, 4) is 0 Å². The summed E-state index contributed by atoms with van der Waals surface area (Å²) in [5.41, 5.74) is -1.40. The van der Waals surface area contributed by atoms with Gasteiger partial charge < -0.3 is 10.4 Å². The summed E-state index contributed by atoms with van der Waals surface area (Å²) in [7, 11) is 0. The first-order valence-electron chi connectivity index (χ1n) is 5.30. The predicted molar refractivity (Wildman–Crippen MR) is 59.1 cm³/mol. The summed E-state index contributed by atoms with van der Waals surface area (Å²) in [5.74, 6) is -0.871. The SMILES string of the molecule is CC(C)(C(=O)O)C(=O)NCCCc1ncn[nH]1. The molecule has 94 valence electrons. The Morgan fingerprint density at radius 2 is 2.24 bits per heavy atom. The van der Waals surface area contributed by atoms with E-state index < -0.39 is 17.3 Å². The molecular formula is C10H16N4O3. The summed E-state index contributed by atoms with van der Waals surface area (Å²) in [6.45, 7) is 3.17. The maximum atomic E-state index is 11.5. The molecule has 0 aromatic carbocycles. The first kappa shape index (κ1) is 13.1. The fourth-order valence-electron chi connectivity index (χ4n) is 1.13. The van der Waals surface area contributed by atoms with E-state index in [4.69, 9.17) is 5.11 Å². The number of amides is 1. The van der Waals surface area contributed by atoms with E-state index in [0.29, 0.717) is 19.4 Å². The van der Waals surface area contributed by atoms with Gasteiger partial charge in [-0.05, 0) is 20.3 Å². The second-order valence-corrected chi connectivity index (χ2v) is 4.22. The monoisotopic (exact) mass is 240 g/mol. The molecular weight excluding hydrogens is 224 g/mol. The lowest BCUT2D eigenvalue weighted by Crippen LogP contribution is -2.42. The second-order valence-electron chi connectivity index (χ2n) is 4.22. The van der Waals surface area contributed by atoms with Gasteiger partial charge in [-0.3, -0.25) is 14.7 Å². The van der Waals surface area contributed by atoms with Crippen LogP contribution in [0.15, 0.2) is 6.33 Å². The molecule has 7 heteroatoms. The highest BCUT2D eigenvalue weighted by molar-refractivity contribution is 6.00. The fourth-order valence-corrected chi connectivity index (χ4v) is 1.13. The zero-order valence-electron chi connectivity index (χ0n) is 9.86. The minimum atomic E-state index is -1.40. The van der Waals surface area contributed by atoms with Crippen LogP contribution in [0.2, 0.25) is 0 Å². The Morgan fingerprint density at radius 3 is 2.76 bits per heavy atom. The molecule has 17 heavy (non-hydrogen) atoms. The van der Waals surface area contributed by atoms with Crippen LogP contribution in [-0.4, -0.2) is 38.7 Å². The Kier molecular flexibility index (Phi) is 4.19. The summed E-state index contributed by atoms with van der Waals surface area (Å²) < 4.78 is 0. The standard InChI is InChI=1S/C10H16N4O3/c1-10(2,9(16)17)8(15)11-5-3-4-7-12-6-13-14-7/h6H,3-5H2,1-2H3,(H,11,15)(H,16,17)(H,12,13,14). The Morgan fingerprint density at radius 1 is 1.53 bits per heavy atom. The summed E-state index contributed by atoms with van der Waals surface area (Å²) >= 11 is 0. The number of nitrogens with zero attached hydrogens (tertiary/aromatic N) is 2. The van der Waals surface area contributed by atoms with E-state index in [1.165, 1.54) is 20.2 Å². The molecule has 0 aliphatic rings. The number of carboxylic acids is 1. The minimum absolute atomic E-state index is 0.413. The van der Waals surface area contributed by atoms with Gasteiger partial charge in [0.2, 0.25) is 5.91 Å². The molecule has 1 heterocycles. The van der Waals surface area contributed by atoms with Crippen LogP contribution in [0.1, 0.15) is 26.1 Å². The molecule has 0 atom stereocenters. The van der Waals surface area contributed by atoms with E-state index in [2.05, 4.69) is 20.5 Å². The van der Waals surface area contributed by atoms with Gasteiger partial charge in [-0.1, -0.05) is 0 Å². The first-order valence-corrected chi connectivity index (χ1v) is 5.30. The van der Waals surface area contributed by atoms with Gasteiger partial charge in [-0.25, -0.2) is 4.98 Å². The van der Waals surface area contributed by atoms with Crippen molar-refractivity contribution < 1.29 is 14.7 Å². The maximum absolute atomic E-state index is 11.5. The summed E-state index contributed by atoms with van der Waals surface area (Å²) in [6, 6.07) is 0. The number of hydrogen-bond acceptors (Lipinski definition) is 4. The molecule has 1 amide bonds. The van der Waals surface area contributed by atoms with E-state index >= 15 is 0 Å². The molecule has 0 fully saturated rings. The van der Waals surface area contributed by atoms with Gasteiger partial charge >= 0.3 is 5.97 Å². The molecule has 7 nitrogen and oxygen atoms in total. The Hall–Kier alpha value is -1.92. The lowest BCUT2D eigenvalue weighted by molar-refractivity contribution is -0.153. The smallest absolute Gasteiger partial charge is 0.318 e. The average Bonchev–Trinajstić information content (AvgIpc) is 2.76. The van der Waals surface area contributed by atoms with Crippen molar-refractivity contribution in [2.24, 2.45) is 5.41 Å². The van der Waals surface area contributed by atoms with Gasteiger partial charge in [0.05, 0.1) is 0 Å². The highest BCUT2D eigenvalue weighted by Crippen LogP contribution is 2.14. The largest absolute Gasteiger partial charge is 0.480 e. The van der Waals surface area contributed by atoms with Gasteiger partial charge in [-0.15, -0.1) is 0 Å². The lowest BCUT2D eigenvalue weighted by Gasteiger charge is -2.18. The van der Waals surface area contributed by atoms with Crippen LogP contribution in [0.5, 0.6) is 0 Å². The van der Waals surface area contributed by atoms with Gasteiger partial charge in [0.1, 0.15) is 17.6 Å². The van der Waals surface area contributed by atoms with Crippen molar-refractivity contribution in [1.82, 2.24) is 20.5 Å². The third-order valence-corrected chi connectivity index (χ3v) is 2.44. The number of hydrogen-bond donors (Lipinski definition) is 3. The Labute approximate surface area is 98.6 Å². The lowest BCUT2D eigenvalue weighted by atomic mass is 9.93. The second kappa shape index (κ2) is 5.42. The molecule has 1 aromatic rings. The van der Waals surface area contributed by atoms with Crippen molar-refractivity contribution in [3.05, 3.63) is 12.2 Å². The van der Waals surface area contributed by atoms with E-state index in [9.17, 15) is 9.59 Å². The van der Waals surface area contributed by atoms with Gasteiger partial charge in [0.15, 0.2) is 0 Å². The number of carbonyl (C=O) groups is 2. The van der Waals surface area contributed by atoms with Gasteiger partial charge in [0, 0.05) is 13.0 Å². The highest BCUT2D eigenvalue weighted by Gasteiger charge is 2.35. The van der Waals surface area contributed by atoms with Crippen molar-refractivity contribution in [2.75, 3.05) is 6.54 Å². The Bertz CT molecular complexity index is 386. The molecule has 0 saturated carbocycles. The van der Waals surface area contributed by atoms with Crippen LogP contribution < -0.4 is 5.32 Å². The number of carboxylic acid groups (broad SMARTS) is 1. The zero-order valence-corrected chi connectivity index (χ0v) is 9.86. The number of rotatable bonds is 6. The van der Waals surface area contributed by atoms with Crippen molar-refractivity contribution in [2.45, 2.75) is 26.7 Å². The summed E-state index contributed by atoms with van der Waals surface area (Å²) in [4.78, 5) is 26.3. The van der Waals surface area contributed by atoms with Crippen LogP contribution in [0.3, 0.4) is 0 Å². The minimum Gasteiger partial charge on any atom is -0.480 e. The van der Waals surface area contributed by atoms with E-state index in [0.717, 1.165) is 5.82 Å². The van der Waals surface area contributed by atoms with Crippen molar-refractivity contribution in [1.29, 1.82) is 0 Å². The molecule has 0 aliphatic heterocycles. The molecule has 1 rings (SSSR count). The molecule has 0 unspecified atom stereocenters. The van der Waals surface area contributed by atoms with Gasteiger partial charge in [-0.2, -0.15) is 5.10 Å². The molecule has 0 radical (unpaired) electrons. The number of nitrogens with one attached hydrogen (secondary N) is 2. The number of aliphatic carboxylic acids is 1. The van der Waals surface area contributed by atoms with Crippen LogP contribution in [0.4, 0.5) is 0 Å². The molecule has 3 N–H and O–H groups in total. The number of carbonyl (C=O) groups excluding carboxylic acids is 1. The van der Waals surface area contributed by atoms with Crippen molar-refractivity contribution >= 4 is 11.9 Å². The first-order chi connectivity index (χ1) is 7.94. The number of aryl methyl sites for hydroxylation is 1. The van der Waals surface area contributed by atoms with Crippen molar-refractivity contribution in [3.63, 3.8) is 0 Å². The normalized spacial score (nSPS) is 11.2. The quantitative estimate of drug-likeness (QED) is 0.478. The molecule has 1 aromatic heterocycles. The summed E-state index contributed by atoms with van der Waals surface area (Å²) in [6.07, 6.45) is 2.76. The molecule has 0 bridgehead atoms. The van der Waals surface area contributed by atoms with Crippen LogP contribution >= 0.6 is 0 Å². The third-order valence-electron chi connectivity index (χ3n) is 2.44. The van der Waals surface area contributed by atoms with E-state index in [1.807, 2.05) is 0 Å². The number of H-pyrrole nitrogens is 1. The van der Waals surface area contributed by atoms with Crippen LogP contribution in [0, 0.1) is 5.41 Å². The number of aromatic amines is 1. The van der Waals surface area contributed by atoms with Gasteiger partial charge in [0.25, 0.3) is 0 Å². The van der Waals surface area contributed by atoms with E-state index in [1.54, 1.807) is 0 Å². The predicted octanol–water partition coefficient (Wildman–Crippen LogP) is -0.0357. The molecule has 0 aliphatic carbocycles. The van der Waals surface area contributed by atoms with E-state index in [-0.39, 0.29) is 0 Å². The summed E-state index contributed by atoms with van der Waals surface area (Å²) in [5, 5.41) is 17.8. The Balaban J connectivity index is 2.27. The highest BCUT2D eigenvalue weighted by atomic mass is 16.4. The maximum Gasteiger partial charge on any atom is 0.318 e. The topological polar surface area (TPSA) is 108 Å². The molecule has 0 saturated heterocycles. The fraction of sp³-hybridized carbons (Fsp3) is 0.600. The average molecular weight is 240 g/mol.